The van der Waals surface area contributed by atoms with E-state index in [1.54, 1.807) is 0 Å². The molecule has 2 aromatic carbocycles. The summed E-state index contributed by atoms with van der Waals surface area (Å²) in [5.74, 6) is -0.327. The molecule has 6 nitrogen and oxygen atoms in total. The lowest BCUT2D eigenvalue weighted by molar-refractivity contribution is -0.123. The fraction of sp³-hybridized carbons (Fsp3) is 0.263. The molecular formula is C19H18ClNO5. The van der Waals surface area contributed by atoms with Crippen molar-refractivity contribution in [3.05, 3.63) is 52.0 Å². The molecule has 0 bridgehead atoms. The van der Waals surface area contributed by atoms with Gasteiger partial charge in [-0.1, -0.05) is 29.3 Å². The lowest BCUT2D eigenvalue weighted by Crippen LogP contribution is -2.30. The molecule has 1 aliphatic rings. The van der Waals surface area contributed by atoms with E-state index in [1.165, 1.54) is 19.1 Å². The van der Waals surface area contributed by atoms with Gasteiger partial charge in [0.15, 0.2) is 17.6 Å². The van der Waals surface area contributed by atoms with Crippen LogP contribution < -0.4 is 14.8 Å². The van der Waals surface area contributed by atoms with E-state index in [0.717, 1.165) is 11.1 Å². The summed E-state index contributed by atoms with van der Waals surface area (Å²) in [6.07, 6.45) is -0.979. The Hall–Kier alpha value is -2.73. The Bertz CT molecular complexity index is 880. The van der Waals surface area contributed by atoms with Crippen molar-refractivity contribution in [1.29, 1.82) is 0 Å². The fourth-order valence-corrected chi connectivity index (χ4v) is 2.82. The number of benzene rings is 2. The second-order valence-corrected chi connectivity index (χ2v) is 6.45. The highest BCUT2D eigenvalue weighted by molar-refractivity contribution is 6.32. The molecule has 0 aromatic heterocycles. The van der Waals surface area contributed by atoms with Crippen molar-refractivity contribution in [1.82, 2.24) is 0 Å². The minimum absolute atomic E-state index is 0.0439. The van der Waals surface area contributed by atoms with Gasteiger partial charge >= 0.3 is 5.97 Å². The number of hydrogen-bond acceptors (Lipinski definition) is 5. The molecule has 3 rings (SSSR count). The number of esters is 1. The van der Waals surface area contributed by atoms with Crippen molar-refractivity contribution < 1.29 is 23.8 Å². The number of ether oxygens (including phenoxy) is 3. The van der Waals surface area contributed by atoms with E-state index < -0.39 is 18.0 Å². The van der Waals surface area contributed by atoms with Crippen LogP contribution in [0.3, 0.4) is 0 Å². The maximum atomic E-state index is 12.3. The van der Waals surface area contributed by atoms with Crippen molar-refractivity contribution in [2.75, 3.05) is 12.1 Å². The van der Waals surface area contributed by atoms with E-state index in [4.69, 9.17) is 25.8 Å². The predicted molar refractivity (Wildman–Crippen MR) is 97.0 cm³/mol. The van der Waals surface area contributed by atoms with Crippen molar-refractivity contribution in [2.45, 2.75) is 26.9 Å². The third-order valence-corrected chi connectivity index (χ3v) is 4.24. The highest BCUT2D eigenvalue weighted by atomic mass is 35.5. The Morgan fingerprint density at radius 1 is 1.19 bits per heavy atom. The van der Waals surface area contributed by atoms with Gasteiger partial charge in [-0.05, 0) is 44.5 Å². The summed E-state index contributed by atoms with van der Waals surface area (Å²) >= 11 is 6.06. The van der Waals surface area contributed by atoms with Crippen molar-refractivity contribution >= 4 is 29.2 Å². The average molecular weight is 376 g/mol. The molecule has 0 aliphatic carbocycles. The van der Waals surface area contributed by atoms with Crippen LogP contribution in [0, 0.1) is 13.8 Å². The van der Waals surface area contributed by atoms with E-state index in [-0.39, 0.29) is 17.4 Å². The predicted octanol–water partition coefficient (Wildman–Crippen LogP) is 3.87. The molecule has 0 spiro atoms. The molecule has 0 saturated carbocycles. The smallest absolute Gasteiger partial charge is 0.339 e. The molecule has 2 aromatic rings. The summed E-state index contributed by atoms with van der Waals surface area (Å²) in [7, 11) is 0. The summed E-state index contributed by atoms with van der Waals surface area (Å²) in [4.78, 5) is 24.6. The molecule has 1 N–H and O–H groups in total. The molecule has 136 valence electrons. The van der Waals surface area contributed by atoms with Crippen molar-refractivity contribution in [3.63, 3.8) is 0 Å². The molecule has 1 amide bonds. The second-order valence-electron chi connectivity index (χ2n) is 6.05. The van der Waals surface area contributed by atoms with Gasteiger partial charge in [-0.3, -0.25) is 4.79 Å². The largest absolute Gasteiger partial charge is 0.454 e. The minimum Gasteiger partial charge on any atom is -0.454 e. The van der Waals surface area contributed by atoms with Gasteiger partial charge in [-0.15, -0.1) is 0 Å². The number of hydrogen-bond donors (Lipinski definition) is 1. The van der Waals surface area contributed by atoms with Crippen LogP contribution in [0.5, 0.6) is 11.5 Å². The van der Waals surface area contributed by atoms with Crippen molar-refractivity contribution in [3.8, 4) is 11.5 Å². The molecule has 7 heteroatoms. The molecule has 1 aliphatic heterocycles. The van der Waals surface area contributed by atoms with Gasteiger partial charge in [-0.2, -0.15) is 0 Å². The molecule has 0 radical (unpaired) electrons. The molecule has 0 unspecified atom stereocenters. The number of nitrogens with one attached hydrogen (secondary N) is 1. The number of aryl methyl sites for hydroxylation is 2. The average Bonchev–Trinajstić information content (AvgIpc) is 3.06. The molecule has 1 heterocycles. The summed E-state index contributed by atoms with van der Waals surface area (Å²) in [5.41, 5.74) is 2.89. The number of carbonyl (C=O) groups excluding carboxylic acids is 2. The first-order valence-electron chi connectivity index (χ1n) is 8.03. The van der Waals surface area contributed by atoms with E-state index in [9.17, 15) is 9.59 Å². The zero-order valence-corrected chi connectivity index (χ0v) is 15.3. The van der Waals surface area contributed by atoms with Gasteiger partial charge in [0.1, 0.15) is 0 Å². The first kappa shape index (κ1) is 18.1. The minimum atomic E-state index is -0.979. The number of halogens is 1. The Labute approximate surface area is 156 Å². The maximum absolute atomic E-state index is 12.3. The highest BCUT2D eigenvalue weighted by Crippen LogP contribution is 2.39. The Morgan fingerprint density at radius 2 is 1.96 bits per heavy atom. The quantitative estimate of drug-likeness (QED) is 0.821. The van der Waals surface area contributed by atoms with Gasteiger partial charge < -0.3 is 19.5 Å². The molecule has 0 saturated heterocycles. The van der Waals surface area contributed by atoms with Crippen LogP contribution in [0.2, 0.25) is 5.02 Å². The van der Waals surface area contributed by atoms with Crippen LogP contribution in [0.25, 0.3) is 0 Å². The summed E-state index contributed by atoms with van der Waals surface area (Å²) in [6, 6.07) is 8.57. The Morgan fingerprint density at radius 3 is 2.69 bits per heavy atom. The number of carbonyl (C=O) groups is 2. The van der Waals surface area contributed by atoms with Crippen LogP contribution in [0.15, 0.2) is 30.3 Å². The SMILES string of the molecule is Cc1ccc(NC(=O)[C@@H](C)OC(=O)c2cc(Cl)c3c(c2)OCO3)c(C)c1. The van der Waals surface area contributed by atoms with Crippen LogP contribution >= 0.6 is 11.6 Å². The topological polar surface area (TPSA) is 73.9 Å². The number of fused-ring (bicyclic) bond motifs is 1. The summed E-state index contributed by atoms with van der Waals surface area (Å²) in [6.45, 7) is 5.42. The van der Waals surface area contributed by atoms with E-state index in [0.29, 0.717) is 17.2 Å². The third kappa shape index (κ3) is 3.75. The number of amides is 1. The van der Waals surface area contributed by atoms with Crippen LogP contribution in [0.1, 0.15) is 28.4 Å². The van der Waals surface area contributed by atoms with Gasteiger partial charge in [0.2, 0.25) is 6.79 Å². The number of rotatable bonds is 4. The third-order valence-electron chi connectivity index (χ3n) is 3.96. The number of anilines is 1. The normalized spacial score (nSPS) is 13.2. The molecule has 1 atom stereocenters. The standard InChI is InChI=1S/C19H18ClNO5/c1-10-4-5-15(11(2)6-10)21-18(22)12(3)26-19(23)13-7-14(20)17-16(8-13)24-9-25-17/h4-8,12H,9H2,1-3H3,(H,21,22)/t12-/m1/s1. The lowest BCUT2D eigenvalue weighted by atomic mass is 10.1. The van der Waals surface area contributed by atoms with E-state index >= 15 is 0 Å². The monoisotopic (exact) mass is 375 g/mol. The molecule has 0 fully saturated rings. The second kappa shape index (κ2) is 7.25. The van der Waals surface area contributed by atoms with Crippen molar-refractivity contribution in [2.24, 2.45) is 0 Å². The molecular weight excluding hydrogens is 358 g/mol. The highest BCUT2D eigenvalue weighted by Gasteiger charge is 2.24. The lowest BCUT2D eigenvalue weighted by Gasteiger charge is -2.15. The Kier molecular flexibility index (Phi) is 5.04. The van der Waals surface area contributed by atoms with Gasteiger partial charge in [-0.25, -0.2) is 4.79 Å². The zero-order chi connectivity index (χ0) is 18.8. The maximum Gasteiger partial charge on any atom is 0.339 e. The van der Waals surface area contributed by atoms with E-state index in [2.05, 4.69) is 5.32 Å². The first-order chi connectivity index (χ1) is 12.3. The summed E-state index contributed by atoms with van der Waals surface area (Å²) < 4.78 is 15.7. The van der Waals surface area contributed by atoms with Crippen LogP contribution in [0.4, 0.5) is 5.69 Å². The first-order valence-corrected chi connectivity index (χ1v) is 8.41. The van der Waals surface area contributed by atoms with Gasteiger partial charge in [0.05, 0.1) is 10.6 Å². The van der Waals surface area contributed by atoms with Crippen LogP contribution in [-0.2, 0) is 9.53 Å². The zero-order valence-electron chi connectivity index (χ0n) is 14.6. The fourth-order valence-electron chi connectivity index (χ4n) is 2.56. The molecule has 26 heavy (non-hydrogen) atoms. The van der Waals surface area contributed by atoms with E-state index in [1.807, 2.05) is 32.0 Å². The Balaban J connectivity index is 1.67. The van der Waals surface area contributed by atoms with Crippen LogP contribution in [-0.4, -0.2) is 24.8 Å². The van der Waals surface area contributed by atoms with Gasteiger partial charge in [0, 0.05) is 5.69 Å². The summed E-state index contributed by atoms with van der Waals surface area (Å²) in [5, 5.41) is 3.01. The van der Waals surface area contributed by atoms with Gasteiger partial charge in [0.25, 0.3) is 5.91 Å².